The lowest BCUT2D eigenvalue weighted by Gasteiger charge is -2.42. The van der Waals surface area contributed by atoms with Crippen molar-refractivity contribution < 1.29 is 23.0 Å². The van der Waals surface area contributed by atoms with Gasteiger partial charge in [-0.2, -0.15) is 13.2 Å². The second-order valence-corrected chi connectivity index (χ2v) is 5.14. The van der Waals surface area contributed by atoms with Crippen molar-refractivity contribution in [1.29, 1.82) is 0 Å². The van der Waals surface area contributed by atoms with Gasteiger partial charge in [0.1, 0.15) is 0 Å². The number of alkyl halides is 3. The first-order chi connectivity index (χ1) is 7.72. The molecule has 0 saturated carbocycles. The van der Waals surface area contributed by atoms with E-state index in [-0.39, 0.29) is 19.1 Å². The van der Waals surface area contributed by atoms with Gasteiger partial charge in [-0.15, -0.1) is 0 Å². The molecule has 1 unspecified atom stereocenters. The monoisotopic (exact) mass is 255 g/mol. The maximum absolute atomic E-state index is 12.0. The fraction of sp³-hybridized carbons (Fsp3) is 1.00. The summed E-state index contributed by atoms with van der Waals surface area (Å²) in [6.07, 6.45) is -5.05. The van der Waals surface area contributed by atoms with Gasteiger partial charge in [0, 0.05) is 19.5 Å². The number of ether oxygens (including phenoxy) is 1. The van der Waals surface area contributed by atoms with E-state index in [1.54, 1.807) is 0 Å². The Kier molecular flexibility index (Phi) is 4.80. The van der Waals surface area contributed by atoms with E-state index in [4.69, 9.17) is 9.84 Å². The molecule has 1 N–H and O–H groups in total. The Morgan fingerprint density at radius 3 is 2.59 bits per heavy atom. The summed E-state index contributed by atoms with van der Waals surface area (Å²) in [5, 5.41) is 9.06. The van der Waals surface area contributed by atoms with Gasteiger partial charge in [-0.05, 0) is 26.8 Å². The van der Waals surface area contributed by atoms with Crippen molar-refractivity contribution in [3.05, 3.63) is 0 Å². The highest BCUT2D eigenvalue weighted by Gasteiger charge is 2.33. The Labute approximate surface area is 99.5 Å². The van der Waals surface area contributed by atoms with Crippen molar-refractivity contribution in [3.8, 4) is 0 Å². The number of rotatable bonds is 4. The molecule has 1 aliphatic heterocycles. The van der Waals surface area contributed by atoms with Gasteiger partial charge in [0.25, 0.3) is 0 Å². The van der Waals surface area contributed by atoms with Gasteiger partial charge < -0.3 is 9.84 Å². The standard InChI is InChI=1S/C11H20F3NO2/c1-10(2)8-15(6-9(7-16)17-10)5-3-4-11(12,13)14/h9,16H,3-8H2,1-2H3. The number of nitrogens with zero attached hydrogens (tertiary/aromatic N) is 1. The minimum absolute atomic E-state index is 0.0950. The molecule has 1 heterocycles. The highest BCUT2D eigenvalue weighted by molar-refractivity contribution is 4.83. The van der Waals surface area contributed by atoms with Crippen LogP contribution in [-0.4, -0.2) is 54.1 Å². The van der Waals surface area contributed by atoms with Crippen LogP contribution in [0.5, 0.6) is 0 Å². The maximum Gasteiger partial charge on any atom is 0.389 e. The molecule has 0 amide bonds. The molecule has 0 aromatic carbocycles. The molecular weight excluding hydrogens is 235 g/mol. The molecule has 1 fully saturated rings. The van der Waals surface area contributed by atoms with Gasteiger partial charge in [0.05, 0.1) is 18.3 Å². The van der Waals surface area contributed by atoms with Crippen LogP contribution in [0.3, 0.4) is 0 Å². The number of morpholine rings is 1. The first-order valence-electron chi connectivity index (χ1n) is 5.80. The molecule has 0 radical (unpaired) electrons. The van der Waals surface area contributed by atoms with Crippen LogP contribution in [0.25, 0.3) is 0 Å². The number of aliphatic hydroxyl groups is 1. The molecule has 102 valence electrons. The van der Waals surface area contributed by atoms with Crippen LogP contribution in [0, 0.1) is 0 Å². The van der Waals surface area contributed by atoms with E-state index in [0.29, 0.717) is 19.6 Å². The highest BCUT2D eigenvalue weighted by atomic mass is 19.4. The summed E-state index contributed by atoms with van der Waals surface area (Å²) in [5.41, 5.74) is -0.413. The van der Waals surface area contributed by atoms with Gasteiger partial charge in [0.2, 0.25) is 0 Å². The molecular formula is C11H20F3NO2. The average Bonchev–Trinajstić information content (AvgIpc) is 2.13. The summed E-state index contributed by atoms with van der Waals surface area (Å²) in [4.78, 5) is 1.93. The van der Waals surface area contributed by atoms with Gasteiger partial charge in [0.15, 0.2) is 0 Å². The molecule has 1 rings (SSSR count). The van der Waals surface area contributed by atoms with Crippen LogP contribution in [0.1, 0.15) is 26.7 Å². The molecule has 6 heteroatoms. The van der Waals surface area contributed by atoms with E-state index in [1.807, 2.05) is 18.7 Å². The van der Waals surface area contributed by atoms with E-state index in [9.17, 15) is 13.2 Å². The van der Waals surface area contributed by atoms with E-state index >= 15 is 0 Å². The van der Waals surface area contributed by atoms with E-state index < -0.39 is 18.2 Å². The van der Waals surface area contributed by atoms with Crippen LogP contribution in [-0.2, 0) is 4.74 Å². The summed E-state index contributed by atoms with van der Waals surface area (Å²) in [6.45, 7) is 5.15. The van der Waals surface area contributed by atoms with Gasteiger partial charge >= 0.3 is 6.18 Å². The SMILES string of the molecule is CC1(C)CN(CCCC(F)(F)F)CC(CO)O1. The summed E-state index contributed by atoms with van der Waals surface area (Å²) in [7, 11) is 0. The Bertz CT molecular complexity index is 243. The third-order valence-corrected chi connectivity index (χ3v) is 2.69. The topological polar surface area (TPSA) is 32.7 Å². The number of aliphatic hydroxyl groups excluding tert-OH is 1. The average molecular weight is 255 g/mol. The van der Waals surface area contributed by atoms with Gasteiger partial charge in [-0.1, -0.05) is 0 Å². The zero-order chi connectivity index (χ0) is 13.1. The van der Waals surface area contributed by atoms with Crippen LogP contribution in [0.4, 0.5) is 13.2 Å². The van der Waals surface area contributed by atoms with Gasteiger partial charge in [-0.25, -0.2) is 0 Å². The Morgan fingerprint density at radius 2 is 2.06 bits per heavy atom. The maximum atomic E-state index is 12.0. The molecule has 0 spiro atoms. The lowest BCUT2D eigenvalue weighted by atomic mass is 10.0. The number of hydrogen-bond donors (Lipinski definition) is 1. The molecule has 0 bridgehead atoms. The quantitative estimate of drug-likeness (QED) is 0.831. The Morgan fingerprint density at radius 1 is 1.41 bits per heavy atom. The predicted molar refractivity (Wildman–Crippen MR) is 57.8 cm³/mol. The van der Waals surface area contributed by atoms with Crippen LogP contribution in [0.15, 0.2) is 0 Å². The molecule has 0 aromatic heterocycles. The molecule has 0 aliphatic carbocycles. The Hall–Kier alpha value is -0.330. The molecule has 1 saturated heterocycles. The number of halogens is 3. The summed E-state index contributed by atoms with van der Waals surface area (Å²) in [6, 6.07) is 0. The van der Waals surface area contributed by atoms with Crippen molar-refractivity contribution in [2.75, 3.05) is 26.2 Å². The van der Waals surface area contributed by atoms with Gasteiger partial charge in [-0.3, -0.25) is 4.90 Å². The van der Waals surface area contributed by atoms with Crippen molar-refractivity contribution in [2.45, 2.75) is 44.6 Å². The van der Waals surface area contributed by atoms with Crippen molar-refractivity contribution in [1.82, 2.24) is 4.90 Å². The fourth-order valence-corrected chi connectivity index (χ4v) is 2.19. The number of hydrogen-bond acceptors (Lipinski definition) is 3. The van der Waals surface area contributed by atoms with Crippen molar-refractivity contribution in [3.63, 3.8) is 0 Å². The third kappa shape index (κ3) is 5.70. The predicted octanol–water partition coefficient (Wildman–Crippen LogP) is 1.80. The van der Waals surface area contributed by atoms with Crippen LogP contribution >= 0.6 is 0 Å². The molecule has 1 aliphatic rings. The van der Waals surface area contributed by atoms with E-state index in [2.05, 4.69) is 0 Å². The van der Waals surface area contributed by atoms with E-state index in [1.165, 1.54) is 0 Å². The van der Waals surface area contributed by atoms with E-state index in [0.717, 1.165) is 0 Å². The molecule has 0 aromatic rings. The lowest BCUT2D eigenvalue weighted by Crippen LogP contribution is -2.53. The fourth-order valence-electron chi connectivity index (χ4n) is 2.19. The van der Waals surface area contributed by atoms with Crippen molar-refractivity contribution >= 4 is 0 Å². The third-order valence-electron chi connectivity index (χ3n) is 2.69. The minimum Gasteiger partial charge on any atom is -0.394 e. The first-order valence-corrected chi connectivity index (χ1v) is 5.80. The lowest BCUT2D eigenvalue weighted by molar-refractivity contribution is -0.154. The highest BCUT2D eigenvalue weighted by Crippen LogP contribution is 2.24. The molecule has 1 atom stereocenters. The summed E-state index contributed by atoms with van der Waals surface area (Å²) >= 11 is 0. The second-order valence-electron chi connectivity index (χ2n) is 5.14. The summed E-state index contributed by atoms with van der Waals surface area (Å²) < 4.78 is 41.7. The largest absolute Gasteiger partial charge is 0.394 e. The Balaban J connectivity index is 2.37. The molecule has 17 heavy (non-hydrogen) atoms. The van der Waals surface area contributed by atoms with Crippen LogP contribution in [0.2, 0.25) is 0 Å². The first kappa shape index (κ1) is 14.7. The summed E-state index contributed by atoms with van der Waals surface area (Å²) in [5.74, 6) is 0. The minimum atomic E-state index is -4.09. The van der Waals surface area contributed by atoms with Crippen molar-refractivity contribution in [2.24, 2.45) is 0 Å². The smallest absolute Gasteiger partial charge is 0.389 e. The van der Waals surface area contributed by atoms with Crippen LogP contribution < -0.4 is 0 Å². The molecule has 3 nitrogen and oxygen atoms in total. The zero-order valence-corrected chi connectivity index (χ0v) is 10.3. The zero-order valence-electron chi connectivity index (χ0n) is 10.3. The second kappa shape index (κ2) is 5.54. The normalized spacial score (nSPS) is 26.1.